The number of ether oxygens (including phenoxy) is 5. The third-order valence-corrected chi connectivity index (χ3v) is 9.76. The summed E-state index contributed by atoms with van der Waals surface area (Å²) in [6.45, 7) is 10.2. The van der Waals surface area contributed by atoms with Gasteiger partial charge in [-0.05, 0) is 59.1 Å². The zero-order chi connectivity index (χ0) is 38.9. The molecule has 18 heteroatoms. The zero-order valence-electron chi connectivity index (χ0n) is 29.2. The Bertz CT molecular complexity index is 1440. The molecule has 11 nitrogen and oxygen atoms in total. The summed E-state index contributed by atoms with van der Waals surface area (Å²) in [4.78, 5) is 58.0. The quantitative estimate of drug-likeness (QED) is 0.126. The minimum Gasteiger partial charge on any atom is -0.457 e. The topological polar surface area (TPSA) is 148 Å². The van der Waals surface area contributed by atoms with Crippen LogP contribution in [0, 0.1) is 24.2 Å². The molecule has 1 aromatic rings. The van der Waals surface area contributed by atoms with Crippen LogP contribution in [-0.4, -0.2) is 79.4 Å². The molecular formula is C33H43Cl6NO10S. The Hall–Kier alpha value is -1.51. The highest BCUT2D eigenvalue weighted by Crippen LogP contribution is 2.36. The number of thiazole rings is 1. The molecule has 288 valence electrons. The monoisotopic (exact) mass is 855 g/mol. The van der Waals surface area contributed by atoms with Gasteiger partial charge >= 0.3 is 18.3 Å². The predicted molar refractivity (Wildman–Crippen MR) is 199 cm³/mol. The number of esters is 1. The highest BCUT2D eigenvalue weighted by atomic mass is 35.6. The van der Waals surface area contributed by atoms with Gasteiger partial charge in [-0.1, -0.05) is 95.1 Å². The van der Waals surface area contributed by atoms with Crippen LogP contribution in [0.5, 0.6) is 0 Å². The molecule has 0 spiro atoms. The molecule has 0 saturated heterocycles. The number of aryl methyl sites for hydroxylation is 1. The van der Waals surface area contributed by atoms with E-state index in [1.54, 1.807) is 13.8 Å². The average molecular weight is 858 g/mol. The lowest BCUT2D eigenvalue weighted by molar-refractivity contribution is -0.155. The van der Waals surface area contributed by atoms with Crippen LogP contribution in [0.4, 0.5) is 9.59 Å². The van der Waals surface area contributed by atoms with Gasteiger partial charge in [0.2, 0.25) is 7.59 Å². The first-order valence-corrected chi connectivity index (χ1v) is 19.0. The number of rotatable bonds is 6. The number of carbonyl (C=O) groups is 4. The first-order valence-electron chi connectivity index (χ1n) is 15.9. The average Bonchev–Trinajstić information content (AvgIpc) is 3.43. The molecule has 2 rings (SSSR count). The molecule has 0 aromatic carbocycles. The van der Waals surface area contributed by atoms with Crippen molar-refractivity contribution in [3.05, 3.63) is 33.3 Å². The Kier molecular flexibility index (Phi) is 17.6. The minimum atomic E-state index is -1.97. The molecule has 1 unspecified atom stereocenters. The van der Waals surface area contributed by atoms with Gasteiger partial charge < -0.3 is 28.8 Å². The van der Waals surface area contributed by atoms with Gasteiger partial charge in [0.25, 0.3) is 0 Å². The number of aromatic nitrogens is 1. The van der Waals surface area contributed by atoms with Gasteiger partial charge in [-0.15, -0.1) is 11.3 Å². The SMILES string of the molecule is C/C1=C/C[C@@H](/C(C)=C/c2csc(C)n2)OC(=O)C[C@H](OC(=O)OCC(Cl)(Cl)Cl)C(C)(C)C(=O)[C@H](C)[C@@H](OC(=O)OCC(Cl)(Cl)Cl)[C@H](C)C(O)CC1. The van der Waals surface area contributed by atoms with Gasteiger partial charge in [-0.3, -0.25) is 9.59 Å². The van der Waals surface area contributed by atoms with Crippen LogP contribution in [0.1, 0.15) is 77.9 Å². The van der Waals surface area contributed by atoms with E-state index in [4.69, 9.17) is 93.3 Å². The number of Topliss-reactive ketones (excluding diaryl/α,β-unsaturated/α-hetero) is 1. The standard InChI is InChI=1S/C33H43Cl6NO10S/c1-17-8-10-23(41)19(3)27(50-30(45)47-16-33(37,38)39)20(4)28(43)31(6,7)25(49-29(44)46-15-32(34,35)36)13-26(42)48-24(11-9-17)18(2)12-22-14-51-21(5)40-22/h9,12,14,19-20,23-25,27,41H,8,10-11,13,15-16H2,1-7H3/b17-9-,18-12+/t19-,20-,23?,24+,25+,27+/m1/s1. The molecule has 1 aliphatic heterocycles. The number of nitrogens with zero attached hydrogens (tertiary/aromatic N) is 1. The molecule has 0 amide bonds. The Morgan fingerprint density at radius 3 is 2.14 bits per heavy atom. The predicted octanol–water partition coefficient (Wildman–Crippen LogP) is 9.30. The minimum absolute atomic E-state index is 0.231. The van der Waals surface area contributed by atoms with Crippen molar-refractivity contribution in [1.29, 1.82) is 0 Å². The van der Waals surface area contributed by atoms with Crippen molar-refractivity contribution in [2.45, 2.75) is 106 Å². The number of allylic oxidation sites excluding steroid dienone is 1. The lowest BCUT2D eigenvalue weighted by Gasteiger charge is -2.38. The molecule has 6 atom stereocenters. The van der Waals surface area contributed by atoms with E-state index in [1.807, 2.05) is 31.4 Å². The number of aliphatic hydroxyl groups excluding tert-OH is 1. The molecule has 1 aliphatic rings. The zero-order valence-corrected chi connectivity index (χ0v) is 34.5. The van der Waals surface area contributed by atoms with Gasteiger partial charge in [0.05, 0.1) is 34.6 Å². The van der Waals surface area contributed by atoms with Gasteiger partial charge in [0.15, 0.2) is 0 Å². The number of hydrogen-bond donors (Lipinski definition) is 1. The summed E-state index contributed by atoms with van der Waals surface area (Å²) >= 11 is 35.8. The first-order chi connectivity index (χ1) is 23.4. The van der Waals surface area contributed by atoms with E-state index in [0.717, 1.165) is 10.6 Å². The fourth-order valence-corrected chi connectivity index (χ4v) is 6.20. The van der Waals surface area contributed by atoms with E-state index in [1.165, 1.54) is 32.1 Å². The van der Waals surface area contributed by atoms with Gasteiger partial charge in [0, 0.05) is 17.7 Å². The molecule has 51 heavy (non-hydrogen) atoms. The lowest BCUT2D eigenvalue weighted by atomic mass is 9.72. The van der Waals surface area contributed by atoms with E-state index in [9.17, 15) is 24.3 Å². The third kappa shape index (κ3) is 15.8. The van der Waals surface area contributed by atoms with Crippen molar-refractivity contribution in [3.63, 3.8) is 0 Å². The molecule has 0 radical (unpaired) electrons. The molecule has 2 heterocycles. The second-order valence-electron chi connectivity index (χ2n) is 13.0. The molecule has 0 aliphatic carbocycles. The Morgan fingerprint density at radius 2 is 1.61 bits per heavy atom. The van der Waals surface area contributed by atoms with Crippen molar-refractivity contribution >= 4 is 111 Å². The maximum absolute atomic E-state index is 14.3. The fraction of sp³-hybridized carbons (Fsp3) is 0.667. The van der Waals surface area contributed by atoms with Crippen molar-refractivity contribution < 1.29 is 48.0 Å². The number of ketones is 1. The van der Waals surface area contributed by atoms with Crippen LogP contribution in [0.25, 0.3) is 6.08 Å². The lowest BCUT2D eigenvalue weighted by Crippen LogP contribution is -2.49. The van der Waals surface area contributed by atoms with Crippen LogP contribution >= 0.6 is 80.9 Å². The van der Waals surface area contributed by atoms with E-state index in [2.05, 4.69) is 4.98 Å². The largest absolute Gasteiger partial charge is 0.508 e. The summed E-state index contributed by atoms with van der Waals surface area (Å²) in [6.07, 6.45) is -3.10. The van der Waals surface area contributed by atoms with E-state index in [-0.39, 0.29) is 12.8 Å². The number of hydrogen-bond acceptors (Lipinski definition) is 12. The smallest absolute Gasteiger partial charge is 0.457 e. The van der Waals surface area contributed by atoms with Crippen LogP contribution in [0.3, 0.4) is 0 Å². The van der Waals surface area contributed by atoms with Crippen molar-refractivity contribution in [2.24, 2.45) is 17.3 Å². The summed E-state index contributed by atoms with van der Waals surface area (Å²) in [6, 6.07) is 0. The van der Waals surface area contributed by atoms with E-state index >= 15 is 0 Å². The maximum Gasteiger partial charge on any atom is 0.508 e. The Balaban J connectivity index is 2.59. The Morgan fingerprint density at radius 1 is 1.04 bits per heavy atom. The summed E-state index contributed by atoms with van der Waals surface area (Å²) < 4.78 is 23.0. The summed E-state index contributed by atoms with van der Waals surface area (Å²) in [5.74, 6) is -3.38. The second kappa shape index (κ2) is 19.7. The highest BCUT2D eigenvalue weighted by Gasteiger charge is 2.48. The van der Waals surface area contributed by atoms with Crippen LogP contribution in [-0.2, 0) is 33.3 Å². The molecule has 0 fully saturated rings. The second-order valence-corrected chi connectivity index (χ2v) is 19.1. The number of alkyl halides is 6. The molecule has 0 saturated carbocycles. The number of carbonyl (C=O) groups excluding carboxylic acids is 4. The van der Waals surface area contributed by atoms with E-state index in [0.29, 0.717) is 17.7 Å². The highest BCUT2D eigenvalue weighted by molar-refractivity contribution is 7.09. The molecule has 1 N–H and O–H groups in total. The van der Waals surface area contributed by atoms with E-state index < -0.39 is 92.9 Å². The first kappa shape index (κ1) is 45.6. The van der Waals surface area contributed by atoms with Gasteiger partial charge in [-0.2, -0.15) is 0 Å². The summed E-state index contributed by atoms with van der Waals surface area (Å²) in [5.41, 5.74) is 0.617. The van der Waals surface area contributed by atoms with Crippen LogP contribution < -0.4 is 0 Å². The summed E-state index contributed by atoms with van der Waals surface area (Å²) in [7, 11) is 0. The van der Waals surface area contributed by atoms with Crippen LogP contribution in [0.2, 0.25) is 0 Å². The normalized spacial score (nSPS) is 27.1. The molecular weight excluding hydrogens is 815 g/mol. The number of halogens is 6. The van der Waals surface area contributed by atoms with Crippen LogP contribution in [0.15, 0.2) is 22.6 Å². The van der Waals surface area contributed by atoms with Gasteiger partial charge in [0.1, 0.15) is 37.3 Å². The number of aliphatic hydroxyl groups is 1. The fourth-order valence-electron chi connectivity index (χ4n) is 5.31. The number of cyclic esters (lactones) is 1. The summed E-state index contributed by atoms with van der Waals surface area (Å²) in [5, 5.41) is 14.0. The van der Waals surface area contributed by atoms with Gasteiger partial charge in [-0.25, -0.2) is 14.6 Å². The van der Waals surface area contributed by atoms with Crippen molar-refractivity contribution in [3.8, 4) is 0 Å². The Labute approximate surface area is 332 Å². The third-order valence-electron chi connectivity index (χ3n) is 8.31. The van der Waals surface area contributed by atoms with Crippen molar-refractivity contribution in [1.82, 2.24) is 4.98 Å². The van der Waals surface area contributed by atoms with Crippen molar-refractivity contribution in [2.75, 3.05) is 13.2 Å². The molecule has 0 bridgehead atoms. The maximum atomic E-state index is 14.3. The molecule has 1 aromatic heterocycles.